The molecular weight excluding hydrogens is 254 g/mol. The van der Waals surface area contributed by atoms with Crippen molar-refractivity contribution >= 4 is 17.5 Å². The molecule has 0 aliphatic carbocycles. The van der Waals surface area contributed by atoms with Crippen LogP contribution >= 0.6 is 0 Å². The predicted octanol–water partition coefficient (Wildman–Crippen LogP) is 1.01. The molecular formula is C15H19N3O2. The van der Waals surface area contributed by atoms with Crippen molar-refractivity contribution in [2.24, 2.45) is 0 Å². The van der Waals surface area contributed by atoms with E-state index in [9.17, 15) is 9.59 Å². The Morgan fingerprint density at radius 3 is 2.80 bits per heavy atom. The molecule has 5 heteroatoms. The molecule has 0 bridgehead atoms. The van der Waals surface area contributed by atoms with Crippen LogP contribution in [0.5, 0.6) is 0 Å². The molecule has 106 valence electrons. The highest BCUT2D eigenvalue weighted by atomic mass is 16.2. The number of rotatable bonds is 3. The zero-order valence-electron chi connectivity index (χ0n) is 11.6. The first-order chi connectivity index (χ1) is 9.69. The zero-order valence-corrected chi connectivity index (χ0v) is 11.6. The monoisotopic (exact) mass is 273 g/mol. The molecule has 1 aromatic carbocycles. The lowest BCUT2D eigenvalue weighted by atomic mass is 9.99. The SMILES string of the molecule is CCN(C(=O)c1ccc2c(c1)CCC(=O)N2)C1CNC1. The topological polar surface area (TPSA) is 61.4 Å². The van der Waals surface area contributed by atoms with Crippen molar-refractivity contribution in [3.8, 4) is 0 Å². The Morgan fingerprint density at radius 2 is 2.15 bits per heavy atom. The molecule has 0 spiro atoms. The van der Waals surface area contributed by atoms with E-state index < -0.39 is 0 Å². The molecule has 20 heavy (non-hydrogen) atoms. The second-order valence-corrected chi connectivity index (χ2v) is 5.32. The van der Waals surface area contributed by atoms with Crippen molar-refractivity contribution in [2.75, 3.05) is 25.0 Å². The number of nitrogens with zero attached hydrogens (tertiary/aromatic N) is 1. The average molecular weight is 273 g/mol. The van der Waals surface area contributed by atoms with Crippen LogP contribution in [0.25, 0.3) is 0 Å². The Morgan fingerprint density at radius 1 is 1.35 bits per heavy atom. The first kappa shape index (κ1) is 13.1. The largest absolute Gasteiger partial charge is 0.333 e. The molecule has 2 aliphatic heterocycles. The minimum Gasteiger partial charge on any atom is -0.333 e. The van der Waals surface area contributed by atoms with Gasteiger partial charge in [-0.05, 0) is 37.1 Å². The normalized spacial score (nSPS) is 17.9. The molecule has 1 fully saturated rings. The lowest BCUT2D eigenvalue weighted by Gasteiger charge is -2.37. The smallest absolute Gasteiger partial charge is 0.254 e. The minimum atomic E-state index is 0.0484. The number of aryl methyl sites for hydroxylation is 1. The van der Waals surface area contributed by atoms with Crippen molar-refractivity contribution < 1.29 is 9.59 Å². The summed E-state index contributed by atoms with van der Waals surface area (Å²) in [6, 6.07) is 5.88. The maximum absolute atomic E-state index is 12.6. The molecule has 2 amide bonds. The summed E-state index contributed by atoms with van der Waals surface area (Å²) < 4.78 is 0. The van der Waals surface area contributed by atoms with Crippen LogP contribution in [0.2, 0.25) is 0 Å². The van der Waals surface area contributed by atoms with Crippen LogP contribution in [-0.2, 0) is 11.2 Å². The zero-order chi connectivity index (χ0) is 14.1. The van der Waals surface area contributed by atoms with Gasteiger partial charge < -0.3 is 15.5 Å². The maximum Gasteiger partial charge on any atom is 0.254 e. The third-order valence-electron chi connectivity index (χ3n) is 4.05. The van der Waals surface area contributed by atoms with Crippen molar-refractivity contribution in [3.63, 3.8) is 0 Å². The van der Waals surface area contributed by atoms with Gasteiger partial charge in [-0.25, -0.2) is 0 Å². The number of carbonyl (C=O) groups excluding carboxylic acids is 2. The fraction of sp³-hybridized carbons (Fsp3) is 0.467. The van der Waals surface area contributed by atoms with Crippen molar-refractivity contribution in [1.29, 1.82) is 0 Å². The van der Waals surface area contributed by atoms with E-state index >= 15 is 0 Å². The van der Waals surface area contributed by atoms with Gasteiger partial charge >= 0.3 is 0 Å². The molecule has 3 rings (SSSR count). The summed E-state index contributed by atoms with van der Waals surface area (Å²) in [6.45, 7) is 4.48. The second kappa shape index (κ2) is 5.25. The highest BCUT2D eigenvalue weighted by molar-refractivity contribution is 5.98. The number of hydrogen-bond donors (Lipinski definition) is 2. The van der Waals surface area contributed by atoms with E-state index in [2.05, 4.69) is 10.6 Å². The summed E-state index contributed by atoms with van der Waals surface area (Å²) in [5.41, 5.74) is 2.61. The van der Waals surface area contributed by atoms with E-state index in [1.165, 1.54) is 0 Å². The number of hydrogen-bond acceptors (Lipinski definition) is 3. The molecule has 0 unspecified atom stereocenters. The number of anilines is 1. The number of fused-ring (bicyclic) bond motifs is 1. The van der Waals surface area contributed by atoms with Crippen molar-refractivity contribution in [1.82, 2.24) is 10.2 Å². The summed E-state index contributed by atoms with van der Waals surface area (Å²) in [5.74, 6) is 0.131. The van der Waals surface area contributed by atoms with Crippen molar-refractivity contribution in [2.45, 2.75) is 25.8 Å². The van der Waals surface area contributed by atoms with Gasteiger partial charge in [0, 0.05) is 37.3 Å². The van der Waals surface area contributed by atoms with Gasteiger partial charge in [-0.1, -0.05) is 0 Å². The lowest BCUT2D eigenvalue weighted by molar-refractivity contribution is -0.116. The highest BCUT2D eigenvalue weighted by Gasteiger charge is 2.28. The number of benzene rings is 1. The minimum absolute atomic E-state index is 0.0484. The van der Waals surface area contributed by atoms with Crippen LogP contribution < -0.4 is 10.6 Å². The van der Waals surface area contributed by atoms with Gasteiger partial charge in [0.1, 0.15) is 0 Å². The molecule has 2 N–H and O–H groups in total. The van der Waals surface area contributed by atoms with E-state index in [0.29, 0.717) is 24.4 Å². The summed E-state index contributed by atoms with van der Waals surface area (Å²) in [5, 5.41) is 6.04. The average Bonchev–Trinajstić information content (AvgIpc) is 2.41. The van der Waals surface area contributed by atoms with Gasteiger partial charge in [0.15, 0.2) is 0 Å². The molecule has 0 aromatic heterocycles. The van der Waals surface area contributed by atoms with Crippen LogP contribution in [0.3, 0.4) is 0 Å². The van der Waals surface area contributed by atoms with E-state index in [1.807, 2.05) is 30.0 Å². The van der Waals surface area contributed by atoms with E-state index in [1.54, 1.807) is 0 Å². The van der Waals surface area contributed by atoms with E-state index in [-0.39, 0.29) is 11.8 Å². The summed E-state index contributed by atoms with van der Waals surface area (Å²) in [4.78, 5) is 25.8. The number of likely N-dealkylation sites (N-methyl/N-ethyl adjacent to an activating group) is 1. The molecule has 2 heterocycles. The van der Waals surface area contributed by atoms with Gasteiger partial charge in [0.05, 0.1) is 6.04 Å². The third-order valence-corrected chi connectivity index (χ3v) is 4.05. The van der Waals surface area contributed by atoms with Crippen molar-refractivity contribution in [3.05, 3.63) is 29.3 Å². The Bertz CT molecular complexity index is 552. The molecule has 0 atom stereocenters. The summed E-state index contributed by atoms with van der Waals surface area (Å²) in [6.07, 6.45) is 1.20. The van der Waals surface area contributed by atoms with Gasteiger partial charge in [-0.15, -0.1) is 0 Å². The Hall–Kier alpha value is -1.88. The number of carbonyl (C=O) groups is 2. The second-order valence-electron chi connectivity index (χ2n) is 5.32. The molecule has 0 saturated carbocycles. The van der Waals surface area contributed by atoms with Gasteiger partial charge in [-0.3, -0.25) is 9.59 Å². The fourth-order valence-electron chi connectivity index (χ4n) is 2.74. The first-order valence-corrected chi connectivity index (χ1v) is 7.13. The van der Waals surface area contributed by atoms with Crippen LogP contribution in [0.15, 0.2) is 18.2 Å². The maximum atomic E-state index is 12.6. The van der Waals surface area contributed by atoms with Crippen LogP contribution in [0, 0.1) is 0 Å². The molecule has 1 saturated heterocycles. The van der Waals surface area contributed by atoms with Crippen LogP contribution in [0.1, 0.15) is 29.3 Å². The molecule has 1 aromatic rings. The molecule has 5 nitrogen and oxygen atoms in total. The first-order valence-electron chi connectivity index (χ1n) is 7.13. The fourth-order valence-corrected chi connectivity index (χ4v) is 2.74. The highest BCUT2D eigenvalue weighted by Crippen LogP contribution is 2.24. The lowest BCUT2D eigenvalue weighted by Crippen LogP contribution is -2.58. The van der Waals surface area contributed by atoms with Gasteiger partial charge in [0.2, 0.25) is 5.91 Å². The molecule has 0 radical (unpaired) electrons. The van der Waals surface area contributed by atoms with E-state index in [0.717, 1.165) is 30.9 Å². The van der Waals surface area contributed by atoms with E-state index in [4.69, 9.17) is 0 Å². The Kier molecular flexibility index (Phi) is 3.44. The van der Waals surface area contributed by atoms with Gasteiger partial charge in [0.25, 0.3) is 5.91 Å². The van der Waals surface area contributed by atoms with Gasteiger partial charge in [-0.2, -0.15) is 0 Å². The quantitative estimate of drug-likeness (QED) is 0.864. The molecule has 2 aliphatic rings. The Balaban J connectivity index is 1.83. The third kappa shape index (κ3) is 2.29. The summed E-state index contributed by atoms with van der Waals surface area (Å²) >= 11 is 0. The van der Waals surface area contributed by atoms with Crippen LogP contribution in [0.4, 0.5) is 5.69 Å². The standard InChI is InChI=1S/C15H19N3O2/c1-2-18(12-8-16-9-12)15(20)11-3-5-13-10(7-11)4-6-14(19)17-13/h3,5,7,12,16H,2,4,6,8-9H2,1H3,(H,17,19). The summed E-state index contributed by atoms with van der Waals surface area (Å²) in [7, 11) is 0. The Labute approximate surface area is 118 Å². The van der Waals surface area contributed by atoms with Crippen LogP contribution in [-0.4, -0.2) is 42.4 Å². The number of nitrogens with one attached hydrogen (secondary N) is 2. The number of amides is 2. The predicted molar refractivity (Wildman–Crippen MR) is 76.8 cm³/mol.